The second kappa shape index (κ2) is 17.9. The number of aliphatic hydroxyl groups is 1. The summed E-state index contributed by atoms with van der Waals surface area (Å²) in [6.45, 7) is 16.2. The summed E-state index contributed by atoms with van der Waals surface area (Å²) in [6.07, 6.45) is 10.4. The average Bonchev–Trinajstić information content (AvgIpc) is 2.79. The van der Waals surface area contributed by atoms with Gasteiger partial charge in [0.1, 0.15) is 0 Å². The Kier molecular flexibility index (Phi) is 16.6. The van der Waals surface area contributed by atoms with Gasteiger partial charge in [0.2, 0.25) is 0 Å². The number of aromatic hydroxyl groups is 1. The number of phenolic OH excluding ortho intramolecular Hbond substituents is 1. The van der Waals surface area contributed by atoms with E-state index in [1.54, 1.807) is 25.1 Å². The molecular formula is C29H47NO4. The molecule has 1 aromatic carbocycles. The van der Waals surface area contributed by atoms with E-state index < -0.39 is 0 Å². The van der Waals surface area contributed by atoms with E-state index in [1.807, 2.05) is 19.9 Å². The fourth-order valence-electron chi connectivity index (χ4n) is 3.71. The minimum Gasteiger partial charge on any atom is -0.504 e. The second-order valence-corrected chi connectivity index (χ2v) is 8.44. The largest absolute Gasteiger partial charge is 0.504 e. The van der Waals surface area contributed by atoms with Gasteiger partial charge in [-0.1, -0.05) is 66.0 Å². The SMILES string of the molecule is C=C(/C=C(\N)c1cc(O)c(OCCCCCCC)cc1CC(C)CCO)/C(=C\C)C(C)=O.CC. The monoisotopic (exact) mass is 473 g/mol. The molecule has 4 N–H and O–H groups in total. The van der Waals surface area contributed by atoms with Crippen LogP contribution in [0.3, 0.4) is 0 Å². The molecule has 0 aromatic heterocycles. The standard InChI is InChI=1S/C27H41NO4.C2H6/c1-6-8-9-10-11-14-32-27-17-22(15-19(3)12-13-29)24(18-26(27)31)25(28)16-20(4)23(7-2)21(5)30;1-2/h7,16-19,29,31H,4,6,8-15,28H2,1-3,5H3;1-2H3/b23-7+,25-16-;. The van der Waals surface area contributed by atoms with Crippen LogP contribution in [0.5, 0.6) is 11.5 Å². The molecule has 5 nitrogen and oxygen atoms in total. The predicted molar refractivity (Wildman–Crippen MR) is 144 cm³/mol. The number of carbonyl (C=O) groups is 1. The van der Waals surface area contributed by atoms with Crippen molar-refractivity contribution in [3.05, 3.63) is 53.1 Å². The average molecular weight is 474 g/mol. The Labute approximate surface area is 207 Å². The molecule has 192 valence electrons. The van der Waals surface area contributed by atoms with Gasteiger partial charge in [-0.05, 0) is 68.4 Å². The molecule has 0 aliphatic heterocycles. The summed E-state index contributed by atoms with van der Waals surface area (Å²) in [4.78, 5) is 11.8. The lowest BCUT2D eigenvalue weighted by Gasteiger charge is -2.18. The number of ether oxygens (including phenoxy) is 1. The van der Waals surface area contributed by atoms with Crippen molar-refractivity contribution in [2.75, 3.05) is 13.2 Å². The fourth-order valence-corrected chi connectivity index (χ4v) is 3.71. The number of aliphatic hydroxyl groups excluding tert-OH is 1. The number of phenols is 1. The number of allylic oxidation sites excluding steroid dienone is 4. The van der Waals surface area contributed by atoms with Gasteiger partial charge in [0.25, 0.3) is 0 Å². The van der Waals surface area contributed by atoms with Crippen LogP contribution in [0.1, 0.15) is 91.2 Å². The van der Waals surface area contributed by atoms with Crippen LogP contribution in [0, 0.1) is 5.92 Å². The van der Waals surface area contributed by atoms with E-state index in [-0.39, 0.29) is 24.1 Å². The molecule has 1 atom stereocenters. The van der Waals surface area contributed by atoms with Gasteiger partial charge >= 0.3 is 0 Å². The van der Waals surface area contributed by atoms with E-state index in [4.69, 9.17) is 10.5 Å². The summed E-state index contributed by atoms with van der Waals surface area (Å²) in [7, 11) is 0. The molecule has 0 saturated heterocycles. The van der Waals surface area contributed by atoms with Gasteiger partial charge in [-0.25, -0.2) is 0 Å². The van der Waals surface area contributed by atoms with Crippen molar-refractivity contribution < 1.29 is 19.7 Å². The molecule has 0 aliphatic rings. The zero-order valence-corrected chi connectivity index (χ0v) is 22.2. The van der Waals surface area contributed by atoms with Crippen LogP contribution >= 0.6 is 0 Å². The molecule has 0 fully saturated rings. The highest BCUT2D eigenvalue weighted by molar-refractivity contribution is 5.98. The number of carbonyl (C=O) groups excluding carboxylic acids is 1. The van der Waals surface area contributed by atoms with E-state index >= 15 is 0 Å². The highest BCUT2D eigenvalue weighted by Gasteiger charge is 2.16. The number of hydrogen-bond acceptors (Lipinski definition) is 5. The Balaban J connectivity index is 0.00000529. The predicted octanol–water partition coefficient (Wildman–Crippen LogP) is 6.72. The van der Waals surface area contributed by atoms with Crippen molar-refractivity contribution in [3.8, 4) is 11.5 Å². The number of hydrogen-bond donors (Lipinski definition) is 3. The zero-order chi connectivity index (χ0) is 26.1. The van der Waals surface area contributed by atoms with Gasteiger partial charge < -0.3 is 20.7 Å². The molecule has 0 bridgehead atoms. The fraction of sp³-hybridized carbons (Fsp3) is 0.552. The maximum Gasteiger partial charge on any atom is 0.161 e. The highest BCUT2D eigenvalue weighted by atomic mass is 16.5. The lowest BCUT2D eigenvalue weighted by atomic mass is 9.92. The molecule has 0 spiro atoms. The van der Waals surface area contributed by atoms with Crippen LogP contribution in [0.4, 0.5) is 0 Å². The van der Waals surface area contributed by atoms with Gasteiger partial charge in [-0.2, -0.15) is 0 Å². The first-order valence-corrected chi connectivity index (χ1v) is 12.7. The Morgan fingerprint density at radius 1 is 1.21 bits per heavy atom. The van der Waals surface area contributed by atoms with Crippen molar-refractivity contribution in [2.45, 2.75) is 86.5 Å². The molecule has 1 unspecified atom stereocenters. The third-order valence-electron chi connectivity index (χ3n) is 5.54. The van der Waals surface area contributed by atoms with Crippen LogP contribution in [0.25, 0.3) is 5.70 Å². The number of unbranched alkanes of at least 4 members (excludes halogenated alkanes) is 4. The Hall–Kier alpha value is -2.53. The summed E-state index contributed by atoms with van der Waals surface area (Å²) in [5.74, 6) is 0.625. The Morgan fingerprint density at radius 2 is 1.85 bits per heavy atom. The smallest absolute Gasteiger partial charge is 0.161 e. The van der Waals surface area contributed by atoms with Gasteiger partial charge in [-0.3, -0.25) is 4.79 Å². The number of rotatable bonds is 15. The quantitative estimate of drug-likeness (QED) is 0.149. The van der Waals surface area contributed by atoms with Gasteiger partial charge in [0.05, 0.1) is 6.61 Å². The molecule has 34 heavy (non-hydrogen) atoms. The lowest BCUT2D eigenvalue weighted by Crippen LogP contribution is -2.09. The van der Waals surface area contributed by atoms with E-state index in [0.717, 1.165) is 18.4 Å². The van der Waals surface area contributed by atoms with E-state index in [2.05, 4.69) is 20.4 Å². The van der Waals surface area contributed by atoms with Gasteiger partial charge in [-0.15, -0.1) is 0 Å². The highest BCUT2D eigenvalue weighted by Crippen LogP contribution is 2.34. The third kappa shape index (κ3) is 11.1. The summed E-state index contributed by atoms with van der Waals surface area (Å²) in [5, 5.41) is 19.9. The number of ketones is 1. The van der Waals surface area contributed by atoms with Crippen molar-refractivity contribution in [3.63, 3.8) is 0 Å². The minimum atomic E-state index is -0.0797. The van der Waals surface area contributed by atoms with E-state index in [1.165, 1.54) is 26.2 Å². The molecule has 0 saturated carbocycles. The Morgan fingerprint density at radius 3 is 2.41 bits per heavy atom. The maximum atomic E-state index is 11.8. The molecule has 5 heteroatoms. The van der Waals surface area contributed by atoms with Gasteiger partial charge in [0, 0.05) is 23.4 Å². The summed E-state index contributed by atoms with van der Waals surface area (Å²) >= 11 is 0. The maximum absolute atomic E-state index is 11.8. The van der Waals surface area contributed by atoms with Crippen LogP contribution in [-0.4, -0.2) is 29.2 Å². The van der Waals surface area contributed by atoms with Crippen molar-refractivity contribution in [1.82, 2.24) is 0 Å². The zero-order valence-electron chi connectivity index (χ0n) is 22.2. The molecule has 0 amide bonds. The van der Waals surface area contributed by atoms with Crippen molar-refractivity contribution >= 4 is 11.5 Å². The molecule has 1 rings (SSSR count). The first-order chi connectivity index (χ1) is 16.2. The van der Waals surface area contributed by atoms with Crippen molar-refractivity contribution in [1.29, 1.82) is 0 Å². The minimum absolute atomic E-state index is 0.0342. The van der Waals surface area contributed by atoms with Crippen LogP contribution in [0.2, 0.25) is 0 Å². The number of benzene rings is 1. The first kappa shape index (κ1) is 31.5. The molecule has 0 radical (unpaired) electrons. The summed E-state index contributed by atoms with van der Waals surface area (Å²) in [6, 6.07) is 3.46. The topological polar surface area (TPSA) is 92.8 Å². The van der Waals surface area contributed by atoms with E-state index in [9.17, 15) is 15.0 Å². The molecule has 1 aromatic rings. The van der Waals surface area contributed by atoms with Crippen molar-refractivity contribution in [2.24, 2.45) is 11.7 Å². The van der Waals surface area contributed by atoms with E-state index in [0.29, 0.717) is 47.6 Å². The molecular weight excluding hydrogens is 426 g/mol. The third-order valence-corrected chi connectivity index (χ3v) is 5.54. The van der Waals surface area contributed by atoms with Gasteiger partial charge in [0.15, 0.2) is 17.3 Å². The lowest BCUT2D eigenvalue weighted by molar-refractivity contribution is -0.113. The second-order valence-electron chi connectivity index (χ2n) is 8.44. The Bertz CT molecular complexity index is 824. The first-order valence-electron chi connectivity index (χ1n) is 12.7. The normalized spacial score (nSPS) is 12.6. The number of nitrogens with two attached hydrogens (primary N) is 1. The molecule has 0 aliphatic carbocycles. The van der Waals surface area contributed by atoms with Crippen LogP contribution in [0.15, 0.2) is 42.0 Å². The summed E-state index contributed by atoms with van der Waals surface area (Å²) < 4.78 is 5.87. The van der Waals surface area contributed by atoms with Crippen LogP contribution in [-0.2, 0) is 11.2 Å². The summed E-state index contributed by atoms with van der Waals surface area (Å²) in [5.41, 5.74) is 9.45. The number of Topliss-reactive ketones (excluding diaryl/α,β-unsaturated/α-hetero) is 1. The van der Waals surface area contributed by atoms with Crippen LogP contribution < -0.4 is 10.5 Å². The molecule has 0 heterocycles.